The SMILES string of the molecule is CCOc1c(C=C2NC(=O)N(Cc3ccc(C(=O)OC)o3)C2=O)cc(Br)cc1[N+](=O)[O-]. The maximum atomic E-state index is 12.7. The first-order valence-corrected chi connectivity index (χ1v) is 9.66. The van der Waals surface area contributed by atoms with Gasteiger partial charge in [0.25, 0.3) is 5.91 Å². The third kappa shape index (κ3) is 4.58. The fourth-order valence-electron chi connectivity index (χ4n) is 2.84. The Bertz CT molecular complexity index is 1110. The van der Waals surface area contributed by atoms with Gasteiger partial charge in [0.15, 0.2) is 0 Å². The summed E-state index contributed by atoms with van der Waals surface area (Å²) < 4.78 is 15.6. The van der Waals surface area contributed by atoms with Crippen molar-refractivity contribution in [1.82, 2.24) is 10.2 Å². The summed E-state index contributed by atoms with van der Waals surface area (Å²) >= 11 is 3.20. The van der Waals surface area contributed by atoms with E-state index in [1.807, 2.05) is 0 Å². The molecule has 3 rings (SSSR count). The molecule has 0 saturated carbocycles. The summed E-state index contributed by atoms with van der Waals surface area (Å²) in [6, 6.07) is 4.91. The van der Waals surface area contributed by atoms with E-state index in [-0.39, 0.29) is 47.4 Å². The molecule has 2 aromatic rings. The zero-order chi connectivity index (χ0) is 22.7. The van der Waals surface area contributed by atoms with Gasteiger partial charge in [-0.25, -0.2) is 9.59 Å². The molecule has 1 aromatic heterocycles. The predicted molar refractivity (Wildman–Crippen MR) is 109 cm³/mol. The molecule has 1 aliphatic heterocycles. The molecule has 11 nitrogen and oxygen atoms in total. The van der Waals surface area contributed by atoms with Crippen LogP contribution in [0, 0.1) is 10.1 Å². The molecule has 12 heteroatoms. The second-order valence-electron chi connectivity index (χ2n) is 6.17. The second kappa shape index (κ2) is 9.00. The number of rotatable bonds is 7. The molecular formula is C19H16BrN3O8. The second-order valence-corrected chi connectivity index (χ2v) is 7.09. The number of amides is 3. The molecule has 0 radical (unpaired) electrons. The van der Waals surface area contributed by atoms with Gasteiger partial charge in [0, 0.05) is 16.1 Å². The predicted octanol–water partition coefficient (Wildman–Crippen LogP) is 3.23. The zero-order valence-electron chi connectivity index (χ0n) is 16.3. The van der Waals surface area contributed by atoms with Crippen molar-refractivity contribution in [3.05, 3.63) is 61.6 Å². The summed E-state index contributed by atoms with van der Waals surface area (Å²) in [6.45, 7) is 1.60. The van der Waals surface area contributed by atoms with Crippen LogP contribution in [0.25, 0.3) is 6.08 Å². The van der Waals surface area contributed by atoms with Crippen LogP contribution in [-0.2, 0) is 16.1 Å². The van der Waals surface area contributed by atoms with E-state index in [1.165, 1.54) is 37.5 Å². The van der Waals surface area contributed by atoms with Crippen molar-refractivity contribution < 1.29 is 33.2 Å². The number of hydrogen-bond donors (Lipinski definition) is 1. The molecule has 1 N–H and O–H groups in total. The van der Waals surface area contributed by atoms with Gasteiger partial charge in [0.2, 0.25) is 11.5 Å². The average Bonchev–Trinajstić information content (AvgIpc) is 3.29. The number of imide groups is 1. The number of nitrogens with zero attached hydrogens (tertiary/aromatic N) is 2. The number of nitrogens with one attached hydrogen (secondary N) is 1. The first kappa shape index (κ1) is 22.0. The van der Waals surface area contributed by atoms with Gasteiger partial charge >= 0.3 is 17.7 Å². The number of esters is 1. The number of carbonyl (C=O) groups excluding carboxylic acids is 3. The van der Waals surface area contributed by atoms with Crippen LogP contribution in [0.3, 0.4) is 0 Å². The lowest BCUT2D eigenvalue weighted by molar-refractivity contribution is -0.385. The molecule has 1 aliphatic rings. The molecule has 0 unspecified atom stereocenters. The summed E-state index contributed by atoms with van der Waals surface area (Å²) in [4.78, 5) is 48.2. The Balaban J connectivity index is 1.91. The highest BCUT2D eigenvalue weighted by Gasteiger charge is 2.35. The molecule has 31 heavy (non-hydrogen) atoms. The highest BCUT2D eigenvalue weighted by atomic mass is 79.9. The maximum Gasteiger partial charge on any atom is 0.373 e. The third-order valence-corrected chi connectivity index (χ3v) is 4.63. The van der Waals surface area contributed by atoms with Crippen LogP contribution in [0.15, 0.2) is 38.9 Å². The van der Waals surface area contributed by atoms with Crippen molar-refractivity contribution in [2.75, 3.05) is 13.7 Å². The lowest BCUT2D eigenvalue weighted by Crippen LogP contribution is -2.30. The Morgan fingerprint density at radius 1 is 1.35 bits per heavy atom. The molecular weight excluding hydrogens is 478 g/mol. The van der Waals surface area contributed by atoms with E-state index < -0.39 is 22.8 Å². The topological polar surface area (TPSA) is 141 Å². The molecule has 162 valence electrons. The van der Waals surface area contributed by atoms with E-state index in [9.17, 15) is 24.5 Å². The number of furan rings is 1. The standard InChI is InChI=1S/C19H16BrN3O8/c1-3-30-16-10(6-11(20)8-14(16)23(27)28)7-13-17(24)22(19(26)21-13)9-12-4-5-15(31-12)18(25)29-2/h4-8H,3,9H2,1-2H3,(H,21,26). The van der Waals surface area contributed by atoms with E-state index >= 15 is 0 Å². The maximum absolute atomic E-state index is 12.7. The van der Waals surface area contributed by atoms with Gasteiger partial charge in [-0.2, -0.15) is 0 Å². The quantitative estimate of drug-likeness (QED) is 0.203. The molecule has 3 amide bonds. The highest BCUT2D eigenvalue weighted by molar-refractivity contribution is 9.10. The van der Waals surface area contributed by atoms with Crippen LogP contribution in [0.4, 0.5) is 10.5 Å². The number of halogens is 1. The number of urea groups is 1. The van der Waals surface area contributed by atoms with Crippen LogP contribution in [0.5, 0.6) is 5.75 Å². The number of benzene rings is 1. The van der Waals surface area contributed by atoms with Crippen molar-refractivity contribution >= 4 is 45.6 Å². The summed E-state index contributed by atoms with van der Waals surface area (Å²) in [5.74, 6) is -1.27. The van der Waals surface area contributed by atoms with Crippen molar-refractivity contribution in [2.24, 2.45) is 0 Å². The number of hydrogen-bond acceptors (Lipinski definition) is 8. The Morgan fingerprint density at radius 2 is 2.10 bits per heavy atom. The van der Waals surface area contributed by atoms with E-state index in [4.69, 9.17) is 9.15 Å². The van der Waals surface area contributed by atoms with Crippen molar-refractivity contribution in [3.63, 3.8) is 0 Å². The van der Waals surface area contributed by atoms with Gasteiger partial charge in [0.05, 0.1) is 25.2 Å². The highest BCUT2D eigenvalue weighted by Crippen LogP contribution is 2.36. The molecule has 0 bridgehead atoms. The van der Waals surface area contributed by atoms with Crippen LogP contribution in [-0.4, -0.2) is 41.4 Å². The summed E-state index contributed by atoms with van der Waals surface area (Å²) in [6.07, 6.45) is 1.30. The van der Waals surface area contributed by atoms with E-state index in [0.717, 1.165) is 4.90 Å². The summed E-state index contributed by atoms with van der Waals surface area (Å²) in [7, 11) is 1.20. The van der Waals surface area contributed by atoms with Crippen LogP contribution in [0.2, 0.25) is 0 Å². The number of nitro groups is 1. The Labute approximate surface area is 183 Å². The number of nitro benzene ring substituents is 1. The molecule has 0 spiro atoms. The molecule has 1 fully saturated rings. The zero-order valence-corrected chi connectivity index (χ0v) is 17.9. The Kier molecular flexibility index (Phi) is 6.39. The van der Waals surface area contributed by atoms with Crippen molar-refractivity contribution in [1.29, 1.82) is 0 Å². The van der Waals surface area contributed by atoms with Gasteiger partial charge in [-0.1, -0.05) is 15.9 Å². The minimum absolute atomic E-state index is 0.0301. The number of carbonyl (C=O) groups is 3. The average molecular weight is 494 g/mol. The normalized spacial score (nSPS) is 14.7. The molecule has 0 aliphatic carbocycles. The number of methoxy groups -OCH3 is 1. The van der Waals surface area contributed by atoms with Gasteiger partial charge in [0.1, 0.15) is 11.5 Å². The monoisotopic (exact) mass is 493 g/mol. The fourth-order valence-corrected chi connectivity index (χ4v) is 3.31. The Morgan fingerprint density at radius 3 is 2.74 bits per heavy atom. The van der Waals surface area contributed by atoms with Gasteiger partial charge < -0.3 is 19.2 Å². The first-order valence-electron chi connectivity index (χ1n) is 8.87. The fraction of sp³-hybridized carbons (Fsp3) is 0.211. The summed E-state index contributed by atoms with van der Waals surface area (Å²) in [5.41, 5.74) is -0.153. The smallest absolute Gasteiger partial charge is 0.373 e. The minimum atomic E-state index is -0.713. The van der Waals surface area contributed by atoms with Crippen LogP contribution in [0.1, 0.15) is 28.8 Å². The van der Waals surface area contributed by atoms with Crippen LogP contribution < -0.4 is 10.1 Å². The largest absolute Gasteiger partial charge is 0.487 e. The van der Waals surface area contributed by atoms with E-state index in [1.54, 1.807) is 6.92 Å². The molecule has 1 saturated heterocycles. The molecule has 0 atom stereocenters. The summed E-state index contributed by atoms with van der Waals surface area (Å²) in [5, 5.41) is 13.8. The van der Waals surface area contributed by atoms with E-state index in [2.05, 4.69) is 26.0 Å². The third-order valence-electron chi connectivity index (χ3n) is 4.17. The van der Waals surface area contributed by atoms with E-state index in [0.29, 0.717) is 4.47 Å². The first-order chi connectivity index (χ1) is 14.7. The minimum Gasteiger partial charge on any atom is -0.487 e. The van der Waals surface area contributed by atoms with Gasteiger partial charge in [-0.15, -0.1) is 0 Å². The van der Waals surface area contributed by atoms with Gasteiger partial charge in [-0.05, 0) is 31.2 Å². The Hall–Kier alpha value is -3.67. The lowest BCUT2D eigenvalue weighted by Gasteiger charge is -2.10. The van der Waals surface area contributed by atoms with Gasteiger partial charge in [-0.3, -0.25) is 19.8 Å². The molecule has 2 heterocycles. The molecule has 1 aromatic carbocycles. The lowest BCUT2D eigenvalue weighted by atomic mass is 10.1. The van der Waals surface area contributed by atoms with Crippen molar-refractivity contribution in [3.8, 4) is 5.75 Å². The van der Waals surface area contributed by atoms with Crippen molar-refractivity contribution in [2.45, 2.75) is 13.5 Å². The van der Waals surface area contributed by atoms with Crippen LogP contribution >= 0.6 is 15.9 Å². The number of ether oxygens (including phenoxy) is 2.